The molecule has 132 valence electrons. The second-order valence-electron chi connectivity index (χ2n) is 6.04. The minimum Gasteiger partial charge on any atom is -0.508 e. The molecule has 0 atom stereocenters. The first kappa shape index (κ1) is 16.2. The van der Waals surface area contributed by atoms with Gasteiger partial charge in [0, 0.05) is 16.6 Å². The third-order valence-corrected chi connectivity index (χ3v) is 4.82. The van der Waals surface area contributed by atoms with Crippen LogP contribution in [-0.2, 0) is 0 Å². The van der Waals surface area contributed by atoms with E-state index in [1.54, 1.807) is 28.1 Å². The molecule has 3 aromatic heterocycles. The summed E-state index contributed by atoms with van der Waals surface area (Å²) in [6.45, 7) is 3.55. The van der Waals surface area contributed by atoms with Crippen LogP contribution in [0.3, 0.4) is 0 Å². The van der Waals surface area contributed by atoms with Gasteiger partial charge >= 0.3 is 0 Å². The lowest BCUT2D eigenvalue weighted by Gasteiger charge is -2.15. The van der Waals surface area contributed by atoms with Gasteiger partial charge in [0.2, 0.25) is 0 Å². The number of nitrogens with zero attached hydrogens (tertiary/aromatic N) is 4. The fourth-order valence-electron chi connectivity index (χ4n) is 3.32. The number of phenolic OH excluding ortho intramolecular Hbond substituents is 1. The van der Waals surface area contributed by atoms with Crippen LogP contribution < -0.4 is 11.5 Å². The highest BCUT2D eigenvalue weighted by molar-refractivity contribution is 6.33. The fraction of sp³-hybridized carbons (Fsp3) is 0.118. The van der Waals surface area contributed by atoms with E-state index < -0.39 is 5.91 Å². The lowest BCUT2D eigenvalue weighted by atomic mass is 10.1. The summed E-state index contributed by atoms with van der Waals surface area (Å²) in [4.78, 5) is 16.4. The number of aromatic hydroxyl groups is 1. The van der Waals surface area contributed by atoms with Crippen molar-refractivity contribution < 1.29 is 9.90 Å². The third kappa shape index (κ3) is 1.99. The van der Waals surface area contributed by atoms with Gasteiger partial charge in [0.1, 0.15) is 23.4 Å². The van der Waals surface area contributed by atoms with E-state index in [9.17, 15) is 9.90 Å². The molecule has 0 spiro atoms. The summed E-state index contributed by atoms with van der Waals surface area (Å²) in [5, 5.41) is 15.3. The molecule has 0 aliphatic carbocycles. The summed E-state index contributed by atoms with van der Waals surface area (Å²) in [6, 6.07) is 4.83. The van der Waals surface area contributed by atoms with Gasteiger partial charge in [-0.1, -0.05) is 11.6 Å². The van der Waals surface area contributed by atoms with E-state index in [1.807, 2.05) is 6.92 Å². The van der Waals surface area contributed by atoms with Crippen LogP contribution in [0.5, 0.6) is 5.75 Å². The standard InChI is InChI=1S/C17H15ClN6O2/c1-7-5-9-12(16(20)26)15(19)23(14(9)17-21-6-22-24(7)17)13-8(2)11(25)4-3-10(13)18/h3-6,25H,19H2,1-2H3,(H2,20,26). The Morgan fingerprint density at radius 1 is 1.31 bits per heavy atom. The Kier molecular flexibility index (Phi) is 3.35. The molecule has 26 heavy (non-hydrogen) atoms. The highest BCUT2D eigenvalue weighted by Crippen LogP contribution is 2.39. The number of rotatable bonds is 2. The van der Waals surface area contributed by atoms with Crippen molar-refractivity contribution in [3.05, 3.63) is 46.4 Å². The van der Waals surface area contributed by atoms with Gasteiger partial charge in [-0.25, -0.2) is 9.50 Å². The van der Waals surface area contributed by atoms with Crippen LogP contribution in [0, 0.1) is 13.8 Å². The molecule has 4 rings (SSSR count). The number of hydrogen-bond donors (Lipinski definition) is 3. The van der Waals surface area contributed by atoms with Gasteiger partial charge in [-0.3, -0.25) is 9.36 Å². The van der Waals surface area contributed by atoms with Crippen LogP contribution in [0.2, 0.25) is 5.02 Å². The number of halogens is 1. The quantitative estimate of drug-likeness (QED) is 0.499. The molecule has 9 heteroatoms. The third-order valence-electron chi connectivity index (χ3n) is 4.52. The van der Waals surface area contributed by atoms with Crippen LogP contribution in [-0.4, -0.2) is 30.2 Å². The molecule has 1 amide bonds. The van der Waals surface area contributed by atoms with Crippen molar-refractivity contribution in [3.8, 4) is 11.4 Å². The fourth-order valence-corrected chi connectivity index (χ4v) is 3.61. The van der Waals surface area contributed by atoms with Crippen LogP contribution in [0.15, 0.2) is 24.5 Å². The Bertz CT molecular complexity index is 1220. The van der Waals surface area contributed by atoms with Gasteiger partial charge in [0.25, 0.3) is 5.91 Å². The van der Waals surface area contributed by atoms with Crippen molar-refractivity contribution in [1.82, 2.24) is 19.2 Å². The van der Waals surface area contributed by atoms with Gasteiger partial charge in [-0.05, 0) is 32.0 Å². The van der Waals surface area contributed by atoms with E-state index in [0.29, 0.717) is 32.8 Å². The average molecular weight is 371 g/mol. The first-order chi connectivity index (χ1) is 12.3. The van der Waals surface area contributed by atoms with Gasteiger partial charge in [-0.2, -0.15) is 5.10 Å². The van der Waals surface area contributed by atoms with E-state index in [2.05, 4.69) is 10.1 Å². The number of aryl methyl sites for hydroxylation is 1. The molecule has 0 fully saturated rings. The van der Waals surface area contributed by atoms with E-state index in [4.69, 9.17) is 23.1 Å². The molecule has 1 aromatic carbocycles. The van der Waals surface area contributed by atoms with Crippen molar-refractivity contribution in [1.29, 1.82) is 0 Å². The predicted octanol–water partition coefficient (Wildman–Crippen LogP) is 2.33. The number of carbonyl (C=O) groups is 1. The first-order valence-electron chi connectivity index (χ1n) is 7.74. The molecule has 5 N–H and O–H groups in total. The van der Waals surface area contributed by atoms with Crippen LogP contribution >= 0.6 is 11.6 Å². The summed E-state index contributed by atoms with van der Waals surface area (Å²) in [6.07, 6.45) is 1.41. The highest BCUT2D eigenvalue weighted by atomic mass is 35.5. The Morgan fingerprint density at radius 3 is 2.73 bits per heavy atom. The zero-order valence-electron chi connectivity index (χ0n) is 14.0. The van der Waals surface area contributed by atoms with E-state index >= 15 is 0 Å². The second-order valence-corrected chi connectivity index (χ2v) is 6.45. The van der Waals surface area contributed by atoms with Crippen molar-refractivity contribution in [3.63, 3.8) is 0 Å². The molecule has 4 aromatic rings. The highest BCUT2D eigenvalue weighted by Gasteiger charge is 2.26. The minimum absolute atomic E-state index is 0.0517. The number of benzene rings is 1. The minimum atomic E-state index is -0.663. The number of amides is 1. The average Bonchev–Trinajstić information content (AvgIpc) is 3.15. The number of carbonyl (C=O) groups excluding carboxylic acids is 1. The van der Waals surface area contributed by atoms with Gasteiger partial charge in [0.15, 0.2) is 5.65 Å². The number of pyridine rings is 1. The second kappa shape index (κ2) is 5.37. The number of nitrogen functional groups attached to an aromatic ring is 1. The zero-order valence-corrected chi connectivity index (χ0v) is 14.7. The maximum atomic E-state index is 12.1. The first-order valence-corrected chi connectivity index (χ1v) is 8.12. The normalized spacial score (nSPS) is 11.5. The summed E-state index contributed by atoms with van der Waals surface area (Å²) in [5.41, 5.74) is 14.8. The number of phenols is 1. The van der Waals surface area contributed by atoms with Crippen molar-refractivity contribution in [2.24, 2.45) is 5.73 Å². The van der Waals surface area contributed by atoms with Gasteiger partial charge in [-0.15, -0.1) is 0 Å². The predicted molar refractivity (Wildman–Crippen MR) is 98.9 cm³/mol. The molecule has 0 saturated heterocycles. The topological polar surface area (TPSA) is 124 Å². The number of anilines is 1. The van der Waals surface area contributed by atoms with Crippen LogP contribution in [0.1, 0.15) is 21.6 Å². The van der Waals surface area contributed by atoms with Gasteiger partial charge < -0.3 is 16.6 Å². The van der Waals surface area contributed by atoms with E-state index in [1.165, 1.54) is 12.4 Å². The molecule has 0 aliphatic rings. The Labute approximate surface area is 152 Å². The maximum absolute atomic E-state index is 12.1. The lowest BCUT2D eigenvalue weighted by Crippen LogP contribution is -2.14. The molecule has 0 bridgehead atoms. The molecular formula is C17H15ClN6O2. The molecule has 0 aliphatic heterocycles. The summed E-state index contributed by atoms with van der Waals surface area (Å²) < 4.78 is 3.23. The Balaban J connectivity index is 2.31. The largest absolute Gasteiger partial charge is 0.508 e. The van der Waals surface area contributed by atoms with Gasteiger partial charge in [0.05, 0.1) is 16.3 Å². The number of primary amides is 1. The SMILES string of the molecule is Cc1c(O)ccc(Cl)c1-n1c(N)c(C(N)=O)c2cc(C)n3ncnc3c21. The molecule has 8 nitrogen and oxygen atoms in total. The zero-order chi connectivity index (χ0) is 18.7. The van der Waals surface area contributed by atoms with Crippen molar-refractivity contribution in [2.75, 3.05) is 5.73 Å². The smallest absolute Gasteiger partial charge is 0.253 e. The van der Waals surface area contributed by atoms with E-state index in [0.717, 1.165) is 5.69 Å². The molecule has 3 heterocycles. The molecule has 0 unspecified atom stereocenters. The monoisotopic (exact) mass is 370 g/mol. The van der Waals surface area contributed by atoms with Crippen LogP contribution in [0.25, 0.3) is 22.2 Å². The van der Waals surface area contributed by atoms with Crippen molar-refractivity contribution >= 4 is 39.9 Å². The molecule has 0 radical (unpaired) electrons. The van der Waals surface area contributed by atoms with Crippen molar-refractivity contribution in [2.45, 2.75) is 13.8 Å². The number of aromatic nitrogens is 4. The number of nitrogens with two attached hydrogens (primary N) is 2. The maximum Gasteiger partial charge on any atom is 0.253 e. The lowest BCUT2D eigenvalue weighted by molar-refractivity contribution is 0.100. The summed E-state index contributed by atoms with van der Waals surface area (Å²) in [5.74, 6) is -0.488. The van der Waals surface area contributed by atoms with E-state index in [-0.39, 0.29) is 17.1 Å². The summed E-state index contributed by atoms with van der Waals surface area (Å²) in [7, 11) is 0. The Hall–Kier alpha value is -3.26. The molecular weight excluding hydrogens is 356 g/mol. The van der Waals surface area contributed by atoms with Crippen LogP contribution in [0.4, 0.5) is 5.82 Å². The number of fused-ring (bicyclic) bond motifs is 3. The molecule has 0 saturated carbocycles. The summed E-state index contributed by atoms with van der Waals surface area (Å²) >= 11 is 6.41. The number of hydrogen-bond acceptors (Lipinski definition) is 5. The Morgan fingerprint density at radius 2 is 2.04 bits per heavy atom.